The van der Waals surface area contributed by atoms with Crippen molar-refractivity contribution in [1.29, 1.82) is 0 Å². The molecule has 3 rings (SSSR count). The van der Waals surface area contributed by atoms with Crippen LogP contribution < -0.4 is 10.6 Å². The van der Waals surface area contributed by atoms with Crippen LogP contribution in [-0.4, -0.2) is 17.6 Å². The molecule has 2 atom stereocenters. The third-order valence-electron chi connectivity index (χ3n) is 4.56. The molecule has 3 nitrogen and oxygen atoms in total. The predicted molar refractivity (Wildman–Crippen MR) is 77.1 cm³/mol. The van der Waals surface area contributed by atoms with Gasteiger partial charge in [-0.3, -0.25) is 0 Å². The first-order valence-corrected chi connectivity index (χ1v) is 8.04. The van der Waals surface area contributed by atoms with Crippen molar-refractivity contribution >= 4 is 16.5 Å². The molecule has 2 heterocycles. The van der Waals surface area contributed by atoms with Gasteiger partial charge >= 0.3 is 0 Å². The maximum Gasteiger partial charge on any atom is 0.186 e. The molecule has 1 aliphatic heterocycles. The van der Waals surface area contributed by atoms with Crippen molar-refractivity contribution in [1.82, 2.24) is 4.98 Å². The monoisotopic (exact) mass is 265 g/mol. The number of thiazole rings is 1. The minimum atomic E-state index is 0.630. The largest absolute Gasteiger partial charge is 0.345 e. The molecule has 1 saturated heterocycles. The maximum absolute atomic E-state index is 5.78. The molecule has 1 aliphatic carbocycles. The van der Waals surface area contributed by atoms with Crippen LogP contribution in [0.4, 0.5) is 5.13 Å². The highest BCUT2D eigenvalue weighted by Crippen LogP contribution is 2.39. The molecule has 1 saturated carbocycles. The molecule has 18 heavy (non-hydrogen) atoms. The van der Waals surface area contributed by atoms with Gasteiger partial charge in [0.25, 0.3) is 0 Å². The fourth-order valence-electron chi connectivity index (χ4n) is 3.59. The zero-order valence-electron chi connectivity index (χ0n) is 11.2. The molecular weight excluding hydrogens is 242 g/mol. The van der Waals surface area contributed by atoms with Crippen LogP contribution in [0.3, 0.4) is 0 Å². The number of nitrogens with two attached hydrogens (primary N) is 1. The van der Waals surface area contributed by atoms with Gasteiger partial charge in [-0.05, 0) is 38.5 Å². The fraction of sp³-hybridized carbons (Fsp3) is 0.786. The second kappa shape index (κ2) is 5.17. The van der Waals surface area contributed by atoms with E-state index in [0.717, 1.165) is 17.7 Å². The molecule has 4 heteroatoms. The van der Waals surface area contributed by atoms with E-state index in [2.05, 4.69) is 11.8 Å². The number of hydrogen-bond acceptors (Lipinski definition) is 4. The van der Waals surface area contributed by atoms with Gasteiger partial charge in [-0.1, -0.05) is 12.8 Å². The van der Waals surface area contributed by atoms with Crippen LogP contribution >= 0.6 is 11.3 Å². The fourth-order valence-corrected chi connectivity index (χ4v) is 4.61. The average molecular weight is 265 g/mol. The van der Waals surface area contributed by atoms with E-state index in [4.69, 9.17) is 10.7 Å². The summed E-state index contributed by atoms with van der Waals surface area (Å²) in [4.78, 5) is 8.60. The number of fused-ring (bicyclic) bond motifs is 1. The Labute approximate surface area is 113 Å². The van der Waals surface area contributed by atoms with Crippen LogP contribution in [0.25, 0.3) is 0 Å². The van der Waals surface area contributed by atoms with E-state index in [1.54, 1.807) is 0 Å². The van der Waals surface area contributed by atoms with Crippen molar-refractivity contribution in [2.45, 2.75) is 58.0 Å². The standard InChI is InChI=1S/C14H23N3S/c1-10-13(9-15)18-14(16-10)17-8-4-6-11-5-2-3-7-12(11)17/h11-12H,2-9,15H2,1H3/t11-,12-/m1/s1. The number of rotatable bonds is 2. The quantitative estimate of drug-likeness (QED) is 0.893. The van der Waals surface area contributed by atoms with Crippen LogP contribution in [0.2, 0.25) is 0 Å². The first-order valence-electron chi connectivity index (χ1n) is 7.22. The van der Waals surface area contributed by atoms with Gasteiger partial charge in [-0.15, -0.1) is 11.3 Å². The number of hydrogen-bond donors (Lipinski definition) is 1. The summed E-state index contributed by atoms with van der Waals surface area (Å²) in [7, 11) is 0. The smallest absolute Gasteiger partial charge is 0.186 e. The highest BCUT2D eigenvalue weighted by Gasteiger charge is 2.34. The predicted octanol–water partition coefficient (Wildman–Crippen LogP) is 3.07. The van der Waals surface area contributed by atoms with Crippen LogP contribution in [-0.2, 0) is 6.54 Å². The number of piperidine rings is 1. The van der Waals surface area contributed by atoms with Gasteiger partial charge < -0.3 is 10.6 Å². The zero-order chi connectivity index (χ0) is 12.5. The second-order valence-corrected chi connectivity index (χ2v) is 6.72. The molecule has 0 spiro atoms. The van der Waals surface area contributed by atoms with Crippen molar-refractivity contribution in [2.24, 2.45) is 11.7 Å². The summed E-state index contributed by atoms with van der Waals surface area (Å²) in [5.74, 6) is 0.915. The normalized spacial score (nSPS) is 28.2. The highest BCUT2D eigenvalue weighted by atomic mass is 32.1. The Hall–Kier alpha value is -0.610. The molecule has 2 fully saturated rings. The third-order valence-corrected chi connectivity index (χ3v) is 5.77. The number of aromatic nitrogens is 1. The first kappa shape index (κ1) is 12.4. The lowest BCUT2D eigenvalue weighted by molar-refractivity contribution is 0.243. The van der Waals surface area contributed by atoms with Crippen LogP contribution in [0.1, 0.15) is 49.1 Å². The highest BCUT2D eigenvalue weighted by molar-refractivity contribution is 7.15. The van der Waals surface area contributed by atoms with E-state index in [-0.39, 0.29) is 0 Å². The number of aryl methyl sites for hydroxylation is 1. The van der Waals surface area contributed by atoms with Gasteiger partial charge in [0.05, 0.1) is 5.69 Å². The summed E-state index contributed by atoms with van der Waals surface area (Å²) in [5, 5.41) is 1.23. The minimum absolute atomic E-state index is 0.630. The van der Waals surface area contributed by atoms with Crippen molar-refractivity contribution in [3.05, 3.63) is 10.6 Å². The molecule has 0 radical (unpaired) electrons. The zero-order valence-corrected chi connectivity index (χ0v) is 12.0. The van der Waals surface area contributed by atoms with Gasteiger partial charge in [0.15, 0.2) is 5.13 Å². The first-order chi connectivity index (χ1) is 8.79. The topological polar surface area (TPSA) is 42.2 Å². The molecular formula is C14H23N3S. The van der Waals surface area contributed by atoms with Crippen LogP contribution in [0, 0.1) is 12.8 Å². The van der Waals surface area contributed by atoms with Crippen molar-refractivity contribution in [2.75, 3.05) is 11.4 Å². The van der Waals surface area contributed by atoms with Crippen LogP contribution in [0.15, 0.2) is 0 Å². The maximum atomic E-state index is 5.78. The second-order valence-electron chi connectivity index (χ2n) is 5.66. The molecule has 100 valence electrons. The summed E-state index contributed by atoms with van der Waals surface area (Å²) in [5.41, 5.74) is 6.91. The van der Waals surface area contributed by atoms with Gasteiger partial charge in [-0.25, -0.2) is 4.98 Å². The Kier molecular flexibility index (Phi) is 3.57. The summed E-state index contributed by atoms with van der Waals surface area (Å²) in [6.45, 7) is 3.91. The summed E-state index contributed by atoms with van der Waals surface area (Å²) >= 11 is 1.81. The van der Waals surface area contributed by atoms with E-state index in [0.29, 0.717) is 6.54 Å². The molecule has 2 aliphatic rings. The molecule has 2 N–H and O–H groups in total. The van der Waals surface area contributed by atoms with Crippen LogP contribution in [0.5, 0.6) is 0 Å². The minimum Gasteiger partial charge on any atom is -0.345 e. The van der Waals surface area contributed by atoms with E-state index in [1.807, 2.05) is 11.3 Å². The van der Waals surface area contributed by atoms with E-state index >= 15 is 0 Å². The molecule has 1 aromatic rings. The molecule has 0 amide bonds. The third kappa shape index (κ3) is 2.16. The molecule has 0 unspecified atom stereocenters. The Morgan fingerprint density at radius 3 is 2.83 bits per heavy atom. The summed E-state index contributed by atoms with van der Waals surface area (Å²) < 4.78 is 0. The van der Waals surface area contributed by atoms with Crippen molar-refractivity contribution in [3.8, 4) is 0 Å². The molecule has 1 aromatic heterocycles. The number of nitrogens with zero attached hydrogens (tertiary/aromatic N) is 2. The van der Waals surface area contributed by atoms with E-state index < -0.39 is 0 Å². The van der Waals surface area contributed by atoms with Gasteiger partial charge in [-0.2, -0.15) is 0 Å². The van der Waals surface area contributed by atoms with Gasteiger partial charge in [0.2, 0.25) is 0 Å². The lowest BCUT2D eigenvalue weighted by Gasteiger charge is -2.44. The van der Waals surface area contributed by atoms with Crippen molar-refractivity contribution < 1.29 is 0 Å². The number of anilines is 1. The Morgan fingerprint density at radius 1 is 1.28 bits per heavy atom. The van der Waals surface area contributed by atoms with Crippen molar-refractivity contribution in [3.63, 3.8) is 0 Å². The lowest BCUT2D eigenvalue weighted by atomic mass is 9.78. The molecule has 0 aromatic carbocycles. The van der Waals surface area contributed by atoms with Gasteiger partial charge in [0, 0.05) is 24.0 Å². The van der Waals surface area contributed by atoms with Gasteiger partial charge in [0.1, 0.15) is 0 Å². The van der Waals surface area contributed by atoms with E-state index in [9.17, 15) is 0 Å². The lowest BCUT2D eigenvalue weighted by Crippen LogP contribution is -2.46. The molecule has 0 bridgehead atoms. The Balaban J connectivity index is 1.84. The summed E-state index contributed by atoms with van der Waals surface area (Å²) in [6, 6.07) is 0.753. The Morgan fingerprint density at radius 2 is 2.06 bits per heavy atom. The Bertz CT molecular complexity index is 413. The SMILES string of the molecule is Cc1nc(N2CCC[C@H]3CCCC[C@H]32)sc1CN. The van der Waals surface area contributed by atoms with E-state index in [1.165, 1.54) is 55.1 Å². The summed E-state index contributed by atoms with van der Waals surface area (Å²) in [6.07, 6.45) is 8.37. The average Bonchev–Trinajstić information content (AvgIpc) is 2.79.